The predicted octanol–water partition coefficient (Wildman–Crippen LogP) is 1.12. The van der Waals surface area contributed by atoms with Crippen LogP contribution in [0.5, 0.6) is 5.75 Å². The largest absolute Gasteiger partial charge is 0.495 e. The summed E-state index contributed by atoms with van der Waals surface area (Å²) in [7, 11) is -0.748. The molecular formula is C12H16N4O3S. The number of nitrogens with zero attached hydrogens (tertiary/aromatic N) is 2. The Bertz CT molecular complexity index is 737. The molecule has 0 radical (unpaired) electrons. The van der Waals surface area contributed by atoms with Gasteiger partial charge in [0.25, 0.3) is 10.0 Å². The predicted molar refractivity (Wildman–Crippen MR) is 76.2 cm³/mol. The Labute approximate surface area is 117 Å². The van der Waals surface area contributed by atoms with E-state index in [-0.39, 0.29) is 10.6 Å². The van der Waals surface area contributed by atoms with E-state index in [9.17, 15) is 8.42 Å². The molecule has 0 amide bonds. The van der Waals surface area contributed by atoms with E-state index in [4.69, 9.17) is 10.5 Å². The van der Waals surface area contributed by atoms with Crippen LogP contribution in [0.25, 0.3) is 0 Å². The summed E-state index contributed by atoms with van der Waals surface area (Å²) in [4.78, 5) is -0.0150. The maximum Gasteiger partial charge on any atom is 0.266 e. The fourth-order valence-electron chi connectivity index (χ4n) is 1.80. The maximum absolute atomic E-state index is 12.4. The third kappa shape index (κ3) is 2.69. The molecule has 7 nitrogen and oxygen atoms in total. The van der Waals surface area contributed by atoms with Gasteiger partial charge in [0, 0.05) is 18.8 Å². The first-order valence-corrected chi connectivity index (χ1v) is 7.29. The monoisotopic (exact) mass is 296 g/mol. The van der Waals surface area contributed by atoms with Gasteiger partial charge >= 0.3 is 0 Å². The lowest BCUT2D eigenvalue weighted by Crippen LogP contribution is -2.16. The molecule has 0 fully saturated rings. The molecule has 0 spiro atoms. The summed E-state index contributed by atoms with van der Waals surface area (Å²) in [5.41, 5.74) is 6.69. The fraction of sp³-hybridized carbons (Fsp3) is 0.250. The molecule has 20 heavy (non-hydrogen) atoms. The maximum atomic E-state index is 12.4. The van der Waals surface area contributed by atoms with Gasteiger partial charge in [0.15, 0.2) is 0 Å². The number of rotatable bonds is 4. The second-order valence-electron chi connectivity index (χ2n) is 4.31. The zero-order valence-electron chi connectivity index (χ0n) is 11.4. The van der Waals surface area contributed by atoms with Crippen molar-refractivity contribution < 1.29 is 13.2 Å². The summed E-state index contributed by atoms with van der Waals surface area (Å²) in [6.07, 6.45) is 0. The van der Waals surface area contributed by atoms with Gasteiger partial charge in [0.05, 0.1) is 12.8 Å². The molecule has 3 N–H and O–H groups in total. The molecule has 108 valence electrons. The molecule has 1 heterocycles. The van der Waals surface area contributed by atoms with Crippen molar-refractivity contribution in [1.82, 2.24) is 9.78 Å². The summed E-state index contributed by atoms with van der Waals surface area (Å²) in [5.74, 6) is 0.595. The molecule has 2 aromatic rings. The van der Waals surface area contributed by atoms with Crippen LogP contribution in [0.1, 0.15) is 5.69 Å². The molecule has 0 bridgehead atoms. The van der Waals surface area contributed by atoms with Crippen molar-refractivity contribution in [1.29, 1.82) is 0 Å². The quantitative estimate of drug-likeness (QED) is 0.824. The molecule has 0 aliphatic carbocycles. The van der Waals surface area contributed by atoms with Gasteiger partial charge in [-0.25, -0.2) is 8.42 Å². The minimum absolute atomic E-state index is 0.0150. The van der Waals surface area contributed by atoms with E-state index in [0.29, 0.717) is 17.2 Å². The van der Waals surface area contributed by atoms with Crippen LogP contribution < -0.4 is 15.2 Å². The first kappa shape index (κ1) is 14.2. The topological polar surface area (TPSA) is 99.2 Å². The van der Waals surface area contributed by atoms with Crippen molar-refractivity contribution in [2.45, 2.75) is 11.8 Å². The molecule has 0 atom stereocenters. The minimum Gasteiger partial charge on any atom is -0.495 e. The van der Waals surface area contributed by atoms with Crippen LogP contribution in [0.4, 0.5) is 11.5 Å². The Morgan fingerprint density at radius 3 is 2.60 bits per heavy atom. The number of hydrogen-bond acceptors (Lipinski definition) is 5. The summed E-state index contributed by atoms with van der Waals surface area (Å²) >= 11 is 0. The number of ether oxygens (including phenoxy) is 1. The number of methoxy groups -OCH3 is 1. The van der Waals surface area contributed by atoms with Crippen molar-refractivity contribution >= 4 is 21.5 Å². The standard InChI is InChI=1S/C12H16N4O3S/c1-8-6-12(16(2)14-8)15-20(17,18)11-7-9(13)4-5-10(11)19-3/h4-7,15H,13H2,1-3H3. The third-order valence-corrected chi connectivity index (χ3v) is 4.09. The zero-order chi connectivity index (χ0) is 14.9. The highest BCUT2D eigenvalue weighted by molar-refractivity contribution is 7.92. The molecular weight excluding hydrogens is 280 g/mol. The molecule has 0 unspecified atom stereocenters. The number of aryl methyl sites for hydroxylation is 2. The molecule has 0 aliphatic heterocycles. The summed E-state index contributed by atoms with van der Waals surface area (Å²) < 4.78 is 33.8. The fourth-order valence-corrected chi connectivity index (χ4v) is 3.09. The van der Waals surface area contributed by atoms with Crippen molar-refractivity contribution in [2.24, 2.45) is 7.05 Å². The first-order chi connectivity index (χ1) is 9.33. The summed E-state index contributed by atoms with van der Waals surface area (Å²) in [6, 6.07) is 6.07. The minimum atomic E-state index is -3.80. The van der Waals surface area contributed by atoms with Crippen LogP contribution in [0.3, 0.4) is 0 Å². The Hall–Kier alpha value is -2.22. The average Bonchev–Trinajstić information content (AvgIpc) is 2.67. The molecule has 1 aromatic carbocycles. The Morgan fingerprint density at radius 1 is 1.35 bits per heavy atom. The molecule has 8 heteroatoms. The van der Waals surface area contributed by atoms with Gasteiger partial charge in [0.1, 0.15) is 16.5 Å². The van der Waals surface area contributed by atoms with E-state index < -0.39 is 10.0 Å². The van der Waals surface area contributed by atoms with E-state index in [1.165, 1.54) is 23.9 Å². The first-order valence-electron chi connectivity index (χ1n) is 5.80. The highest BCUT2D eigenvalue weighted by Gasteiger charge is 2.21. The van der Waals surface area contributed by atoms with Gasteiger partial charge in [-0.3, -0.25) is 9.40 Å². The van der Waals surface area contributed by atoms with E-state index in [2.05, 4.69) is 9.82 Å². The Kier molecular flexibility index (Phi) is 3.58. The molecule has 2 rings (SSSR count). The van der Waals surface area contributed by atoms with E-state index in [0.717, 1.165) is 0 Å². The average molecular weight is 296 g/mol. The molecule has 0 aliphatic rings. The van der Waals surface area contributed by atoms with Crippen LogP contribution in [0.2, 0.25) is 0 Å². The van der Waals surface area contributed by atoms with Crippen molar-refractivity contribution in [3.8, 4) is 5.75 Å². The van der Waals surface area contributed by atoms with E-state index in [1.54, 1.807) is 26.1 Å². The number of nitrogen functional groups attached to an aromatic ring is 1. The van der Waals surface area contributed by atoms with E-state index in [1.807, 2.05) is 0 Å². The van der Waals surface area contributed by atoms with Crippen LogP contribution in [-0.2, 0) is 17.1 Å². The second kappa shape index (κ2) is 5.04. The van der Waals surface area contributed by atoms with E-state index >= 15 is 0 Å². The molecule has 1 aromatic heterocycles. The SMILES string of the molecule is COc1ccc(N)cc1S(=O)(=O)Nc1cc(C)nn1C. The number of sulfonamides is 1. The lowest BCUT2D eigenvalue weighted by Gasteiger charge is -2.12. The van der Waals surface area contributed by atoms with Crippen LogP contribution in [0.15, 0.2) is 29.2 Å². The van der Waals surface area contributed by atoms with Gasteiger partial charge in [-0.05, 0) is 25.1 Å². The number of nitrogens with one attached hydrogen (secondary N) is 1. The molecule has 0 saturated heterocycles. The summed E-state index contributed by atoms with van der Waals surface area (Å²) in [5, 5.41) is 4.08. The molecule has 0 saturated carbocycles. The van der Waals surface area contributed by atoms with Gasteiger partial charge in [0.2, 0.25) is 0 Å². The van der Waals surface area contributed by atoms with Gasteiger partial charge in [-0.1, -0.05) is 0 Å². The number of nitrogens with two attached hydrogens (primary N) is 1. The lowest BCUT2D eigenvalue weighted by atomic mass is 10.3. The van der Waals surface area contributed by atoms with Crippen molar-refractivity contribution in [3.63, 3.8) is 0 Å². The van der Waals surface area contributed by atoms with Crippen molar-refractivity contribution in [2.75, 3.05) is 17.6 Å². The summed E-state index contributed by atoms with van der Waals surface area (Å²) in [6.45, 7) is 1.78. The van der Waals surface area contributed by atoms with Crippen LogP contribution in [0, 0.1) is 6.92 Å². The smallest absolute Gasteiger partial charge is 0.266 e. The highest BCUT2D eigenvalue weighted by Crippen LogP contribution is 2.27. The Balaban J connectivity index is 2.45. The van der Waals surface area contributed by atoms with Gasteiger partial charge in [-0.15, -0.1) is 0 Å². The second-order valence-corrected chi connectivity index (χ2v) is 5.96. The Morgan fingerprint density at radius 2 is 2.05 bits per heavy atom. The third-order valence-electron chi connectivity index (χ3n) is 2.72. The normalized spacial score (nSPS) is 11.3. The van der Waals surface area contributed by atoms with Crippen LogP contribution >= 0.6 is 0 Å². The zero-order valence-corrected chi connectivity index (χ0v) is 12.2. The number of benzene rings is 1. The number of anilines is 2. The van der Waals surface area contributed by atoms with Gasteiger partial charge in [-0.2, -0.15) is 5.10 Å². The van der Waals surface area contributed by atoms with Gasteiger partial charge < -0.3 is 10.5 Å². The number of hydrogen-bond donors (Lipinski definition) is 2. The highest BCUT2D eigenvalue weighted by atomic mass is 32.2. The number of aromatic nitrogens is 2. The van der Waals surface area contributed by atoms with Crippen molar-refractivity contribution in [3.05, 3.63) is 30.0 Å². The van der Waals surface area contributed by atoms with Crippen LogP contribution in [-0.4, -0.2) is 25.3 Å². The lowest BCUT2D eigenvalue weighted by molar-refractivity contribution is 0.403.